The number of benzene rings is 2. The van der Waals surface area contributed by atoms with E-state index in [9.17, 15) is 19.1 Å². The Labute approximate surface area is 228 Å². The molecule has 2 aliphatic heterocycles. The molecule has 192 valence electrons. The van der Waals surface area contributed by atoms with E-state index in [0.717, 1.165) is 12.0 Å². The molecule has 2 heterocycles. The van der Waals surface area contributed by atoms with Crippen molar-refractivity contribution in [1.29, 1.82) is 0 Å². The van der Waals surface area contributed by atoms with Crippen LogP contribution in [0.4, 0.5) is 4.39 Å². The van der Waals surface area contributed by atoms with Crippen LogP contribution in [-0.2, 0) is 11.2 Å². The highest BCUT2D eigenvalue weighted by Crippen LogP contribution is 2.30. The number of hydrogen-bond acceptors (Lipinski definition) is 4. The van der Waals surface area contributed by atoms with Gasteiger partial charge in [0.15, 0.2) is 5.54 Å². The Hall–Kier alpha value is -3.13. The van der Waals surface area contributed by atoms with E-state index < -0.39 is 29.3 Å². The highest BCUT2D eigenvalue weighted by Gasteiger charge is 2.47. The summed E-state index contributed by atoms with van der Waals surface area (Å²) < 4.78 is 13.7. The van der Waals surface area contributed by atoms with E-state index in [2.05, 4.69) is 15.6 Å². The third-order valence-corrected chi connectivity index (χ3v) is 7.36. The van der Waals surface area contributed by atoms with Gasteiger partial charge in [-0.05, 0) is 54.7 Å². The maximum atomic E-state index is 13.7. The van der Waals surface area contributed by atoms with Gasteiger partial charge in [0.1, 0.15) is 5.82 Å². The van der Waals surface area contributed by atoms with Crippen LogP contribution >= 0.6 is 34.8 Å². The Kier molecular flexibility index (Phi) is 8.37. The van der Waals surface area contributed by atoms with E-state index in [1.807, 2.05) is 18.4 Å². The molecular weight excluding hydrogens is 540 g/mol. The molecule has 0 saturated carbocycles. The zero-order valence-corrected chi connectivity index (χ0v) is 21.7. The molecule has 4 rings (SSSR count). The number of amides is 1. The average Bonchev–Trinajstić information content (AvgIpc) is 2.89. The van der Waals surface area contributed by atoms with Crippen molar-refractivity contribution in [3.63, 3.8) is 0 Å². The number of aliphatic imine (C=N–C) groups is 1. The molecule has 0 saturated heterocycles. The first-order chi connectivity index (χ1) is 17.7. The Bertz CT molecular complexity index is 1320. The molecule has 0 radical (unpaired) electrons. The van der Waals surface area contributed by atoms with Crippen LogP contribution in [0.1, 0.15) is 28.8 Å². The molecule has 6 nitrogen and oxygen atoms in total. The molecular formula is C27H23Cl3FN3O3. The fraction of sp³-hybridized carbons (Fsp3) is 0.222. The molecule has 0 aliphatic carbocycles. The van der Waals surface area contributed by atoms with E-state index >= 15 is 0 Å². The standard InChI is InChI=1S/C27H23Cl3FN3O3/c28-19-2-1-3-20(29)24(19)25(35)34-27(26(36)37,11-8-16-4-6-22(31)21(30)14-16)23-7-5-18(15-33-23)17-9-12-32-13-10-17/h1-7,9,12-15,17,23,33H,8,10-11H2,(H,34,35)(H,36,37)/t17-,23+,27+/m0/s1. The fourth-order valence-electron chi connectivity index (χ4n) is 4.35. The number of nitrogens with zero attached hydrogens (tertiary/aromatic N) is 1. The number of allylic oxidation sites excluding steroid dienone is 3. The number of rotatable bonds is 8. The van der Waals surface area contributed by atoms with Crippen LogP contribution in [0.5, 0.6) is 0 Å². The minimum absolute atomic E-state index is 0.0241. The Morgan fingerprint density at radius 3 is 2.49 bits per heavy atom. The Morgan fingerprint density at radius 1 is 1.14 bits per heavy atom. The smallest absolute Gasteiger partial charge is 0.331 e. The van der Waals surface area contributed by atoms with Crippen molar-refractivity contribution in [3.05, 3.63) is 105 Å². The highest BCUT2D eigenvalue weighted by atomic mass is 35.5. The number of hydrogen-bond donors (Lipinski definition) is 3. The number of carboxylic acids is 1. The lowest BCUT2D eigenvalue weighted by molar-refractivity contribution is -0.145. The zero-order valence-electron chi connectivity index (χ0n) is 19.4. The van der Waals surface area contributed by atoms with E-state index in [4.69, 9.17) is 34.8 Å². The van der Waals surface area contributed by atoms with E-state index in [-0.39, 0.29) is 39.4 Å². The molecule has 3 atom stereocenters. The number of aliphatic carboxylic acids is 1. The molecule has 2 aliphatic rings. The van der Waals surface area contributed by atoms with Crippen LogP contribution in [0, 0.1) is 11.7 Å². The first-order valence-corrected chi connectivity index (χ1v) is 12.6. The van der Waals surface area contributed by atoms with Gasteiger partial charge in [0.25, 0.3) is 5.91 Å². The van der Waals surface area contributed by atoms with Gasteiger partial charge in [-0.1, -0.05) is 65.2 Å². The molecule has 0 bridgehead atoms. The molecule has 3 N–H and O–H groups in total. The summed E-state index contributed by atoms with van der Waals surface area (Å²) in [6.07, 6.45) is 11.7. The van der Waals surface area contributed by atoms with Crippen molar-refractivity contribution >= 4 is 52.9 Å². The number of halogens is 4. The molecule has 10 heteroatoms. The van der Waals surface area contributed by atoms with Crippen molar-refractivity contribution in [2.24, 2.45) is 10.9 Å². The number of carbonyl (C=O) groups is 2. The van der Waals surface area contributed by atoms with Crippen molar-refractivity contribution in [3.8, 4) is 0 Å². The first kappa shape index (κ1) is 26.9. The van der Waals surface area contributed by atoms with Gasteiger partial charge in [-0.2, -0.15) is 0 Å². The second-order valence-corrected chi connectivity index (χ2v) is 9.96. The summed E-state index contributed by atoms with van der Waals surface area (Å²) in [5.41, 5.74) is -0.277. The van der Waals surface area contributed by atoms with Crippen LogP contribution in [0.2, 0.25) is 15.1 Å². The number of carboxylic acid groups (broad SMARTS) is 1. The zero-order chi connectivity index (χ0) is 26.6. The molecule has 1 amide bonds. The predicted octanol–water partition coefficient (Wildman–Crippen LogP) is 5.99. The van der Waals surface area contributed by atoms with Gasteiger partial charge in [0, 0.05) is 24.5 Å². The molecule has 37 heavy (non-hydrogen) atoms. The van der Waals surface area contributed by atoms with Gasteiger partial charge in [0.2, 0.25) is 0 Å². The summed E-state index contributed by atoms with van der Waals surface area (Å²) >= 11 is 18.4. The quantitative estimate of drug-likeness (QED) is 0.369. The summed E-state index contributed by atoms with van der Waals surface area (Å²) in [5.74, 6) is -2.47. The summed E-state index contributed by atoms with van der Waals surface area (Å²) in [7, 11) is 0. The summed E-state index contributed by atoms with van der Waals surface area (Å²) in [5, 5.41) is 16.5. The van der Waals surface area contributed by atoms with Gasteiger partial charge in [-0.25, -0.2) is 9.18 Å². The molecule has 2 aromatic carbocycles. The summed E-state index contributed by atoms with van der Waals surface area (Å²) in [6, 6.07) is 7.95. The van der Waals surface area contributed by atoms with Gasteiger partial charge in [-0.15, -0.1) is 0 Å². The van der Waals surface area contributed by atoms with Gasteiger partial charge in [0.05, 0.1) is 26.7 Å². The first-order valence-electron chi connectivity index (χ1n) is 11.5. The number of carbonyl (C=O) groups excluding carboxylic acids is 1. The summed E-state index contributed by atoms with van der Waals surface area (Å²) in [6.45, 7) is 0. The van der Waals surface area contributed by atoms with Crippen LogP contribution in [0.25, 0.3) is 0 Å². The van der Waals surface area contributed by atoms with Crippen molar-refractivity contribution in [2.45, 2.75) is 30.8 Å². The average molecular weight is 563 g/mol. The lowest BCUT2D eigenvalue weighted by Gasteiger charge is -2.38. The van der Waals surface area contributed by atoms with Crippen LogP contribution in [0.3, 0.4) is 0 Å². The second kappa shape index (κ2) is 11.5. The fourth-order valence-corrected chi connectivity index (χ4v) is 5.13. The third-order valence-electron chi connectivity index (χ3n) is 6.44. The van der Waals surface area contributed by atoms with Crippen LogP contribution in [-0.4, -0.2) is 34.8 Å². The predicted molar refractivity (Wildman–Crippen MR) is 144 cm³/mol. The Balaban J connectivity index is 1.67. The summed E-state index contributed by atoms with van der Waals surface area (Å²) in [4.78, 5) is 30.3. The normalized spacial score (nSPS) is 20.1. The van der Waals surface area contributed by atoms with Crippen LogP contribution in [0.15, 0.2) is 77.6 Å². The molecule has 0 aromatic heterocycles. The number of dihydropyridines is 1. The lowest BCUT2D eigenvalue weighted by Crippen LogP contribution is -2.65. The lowest BCUT2D eigenvalue weighted by atomic mass is 9.81. The topological polar surface area (TPSA) is 90.8 Å². The molecule has 0 spiro atoms. The maximum absolute atomic E-state index is 13.7. The highest BCUT2D eigenvalue weighted by molar-refractivity contribution is 6.39. The van der Waals surface area contributed by atoms with E-state index in [0.29, 0.717) is 5.56 Å². The second-order valence-electron chi connectivity index (χ2n) is 8.74. The van der Waals surface area contributed by atoms with Crippen molar-refractivity contribution in [1.82, 2.24) is 10.6 Å². The molecule has 2 aromatic rings. The van der Waals surface area contributed by atoms with E-state index in [1.165, 1.54) is 30.3 Å². The van der Waals surface area contributed by atoms with Crippen molar-refractivity contribution < 1.29 is 19.1 Å². The third kappa shape index (κ3) is 5.90. The van der Waals surface area contributed by atoms with Gasteiger partial charge >= 0.3 is 5.97 Å². The molecule has 0 fully saturated rings. The molecule has 0 unspecified atom stereocenters. The van der Waals surface area contributed by atoms with Crippen molar-refractivity contribution in [2.75, 3.05) is 0 Å². The minimum atomic E-state index is -1.82. The van der Waals surface area contributed by atoms with Gasteiger partial charge in [-0.3, -0.25) is 9.79 Å². The Morgan fingerprint density at radius 2 is 1.89 bits per heavy atom. The monoisotopic (exact) mass is 561 g/mol. The SMILES string of the molecule is O=C(N[C@@](CCc1ccc(F)c(Cl)c1)(C(=O)O)[C@H]1C=CC([C@H]2C=CN=CC2)=CN1)c1c(Cl)cccc1Cl. The van der Waals surface area contributed by atoms with Crippen LogP contribution < -0.4 is 10.6 Å². The number of nitrogens with one attached hydrogen (secondary N) is 2. The number of aryl methyl sites for hydroxylation is 1. The van der Waals surface area contributed by atoms with Gasteiger partial charge < -0.3 is 15.7 Å². The maximum Gasteiger partial charge on any atom is 0.331 e. The largest absolute Gasteiger partial charge is 0.479 e. The van der Waals surface area contributed by atoms with E-state index in [1.54, 1.807) is 24.5 Å². The minimum Gasteiger partial charge on any atom is -0.479 e.